The summed E-state index contributed by atoms with van der Waals surface area (Å²) in [5, 5.41) is 13.3. The van der Waals surface area contributed by atoms with Crippen LogP contribution in [0.5, 0.6) is 5.75 Å². The molecule has 0 atom stereocenters. The third kappa shape index (κ3) is 2.81. The van der Waals surface area contributed by atoms with Crippen molar-refractivity contribution in [2.45, 2.75) is 51.5 Å². The maximum atomic E-state index is 13.0. The van der Waals surface area contributed by atoms with Crippen LogP contribution in [0.2, 0.25) is 0 Å². The molecule has 4 rings (SSSR count). The fraction of sp³-hybridized carbons (Fsp3) is 0.421. The van der Waals surface area contributed by atoms with Crippen LogP contribution in [0.15, 0.2) is 23.1 Å². The zero-order valence-electron chi connectivity index (χ0n) is 14.2. The van der Waals surface area contributed by atoms with E-state index in [9.17, 15) is 14.7 Å². The Morgan fingerprint density at radius 1 is 1.32 bits per heavy atom. The fourth-order valence-electron chi connectivity index (χ4n) is 3.61. The molecule has 130 valence electrons. The van der Waals surface area contributed by atoms with Crippen LogP contribution >= 0.6 is 0 Å². The first-order chi connectivity index (χ1) is 12.1. The van der Waals surface area contributed by atoms with Gasteiger partial charge in [0.05, 0.1) is 0 Å². The summed E-state index contributed by atoms with van der Waals surface area (Å²) in [6, 6.07) is 3.72. The molecule has 25 heavy (non-hydrogen) atoms. The molecule has 2 aromatic heterocycles. The zero-order chi connectivity index (χ0) is 17.6. The van der Waals surface area contributed by atoms with Gasteiger partial charge in [-0.15, -0.1) is 0 Å². The molecular weight excluding hydrogens is 318 g/mol. The normalized spacial score (nSPS) is 16.4. The Bertz CT molecular complexity index is 913. The lowest BCUT2D eigenvalue weighted by Crippen LogP contribution is -2.33. The van der Waals surface area contributed by atoms with Crippen molar-refractivity contribution in [2.75, 3.05) is 5.32 Å². The second-order valence-corrected chi connectivity index (χ2v) is 6.93. The van der Waals surface area contributed by atoms with Gasteiger partial charge in [-0.25, -0.2) is 4.98 Å². The maximum Gasteiger partial charge on any atom is 0.267 e. The Morgan fingerprint density at radius 2 is 2.08 bits per heavy atom. The molecule has 1 saturated carbocycles. The SMILES string of the molecule is Cc1ccnc(NC(=O)c2c(O)c3c(n(C4CC4)c2=O)CCCC3)c1. The van der Waals surface area contributed by atoms with Crippen LogP contribution in [0.3, 0.4) is 0 Å². The first-order valence-electron chi connectivity index (χ1n) is 8.79. The molecular formula is C19H21N3O3. The van der Waals surface area contributed by atoms with Crippen molar-refractivity contribution in [2.24, 2.45) is 0 Å². The number of aromatic hydroxyl groups is 1. The van der Waals surface area contributed by atoms with Crippen LogP contribution in [-0.2, 0) is 12.8 Å². The van der Waals surface area contributed by atoms with Gasteiger partial charge < -0.3 is 15.0 Å². The van der Waals surface area contributed by atoms with E-state index < -0.39 is 5.91 Å². The molecule has 1 fully saturated rings. The second-order valence-electron chi connectivity index (χ2n) is 6.93. The Morgan fingerprint density at radius 3 is 2.80 bits per heavy atom. The van der Waals surface area contributed by atoms with E-state index in [-0.39, 0.29) is 22.9 Å². The monoisotopic (exact) mass is 339 g/mol. The van der Waals surface area contributed by atoms with Gasteiger partial charge >= 0.3 is 0 Å². The van der Waals surface area contributed by atoms with Crippen molar-refractivity contribution < 1.29 is 9.90 Å². The number of nitrogens with one attached hydrogen (secondary N) is 1. The molecule has 0 aromatic carbocycles. The van der Waals surface area contributed by atoms with Gasteiger partial charge in [0.2, 0.25) is 0 Å². The fourth-order valence-corrected chi connectivity index (χ4v) is 3.61. The van der Waals surface area contributed by atoms with E-state index in [1.165, 1.54) is 0 Å². The lowest BCUT2D eigenvalue weighted by atomic mass is 9.93. The van der Waals surface area contributed by atoms with Crippen molar-refractivity contribution in [3.8, 4) is 5.75 Å². The van der Waals surface area contributed by atoms with Gasteiger partial charge in [-0.05, 0) is 63.1 Å². The number of carbonyl (C=O) groups excluding carboxylic acids is 1. The number of hydrogen-bond acceptors (Lipinski definition) is 4. The van der Waals surface area contributed by atoms with E-state index in [0.29, 0.717) is 12.2 Å². The number of fused-ring (bicyclic) bond motifs is 1. The number of pyridine rings is 2. The topological polar surface area (TPSA) is 84.2 Å². The van der Waals surface area contributed by atoms with Crippen molar-refractivity contribution in [1.82, 2.24) is 9.55 Å². The van der Waals surface area contributed by atoms with Crippen LogP contribution in [0, 0.1) is 6.92 Å². The molecule has 6 nitrogen and oxygen atoms in total. The van der Waals surface area contributed by atoms with Crippen LogP contribution in [0.4, 0.5) is 5.82 Å². The molecule has 0 radical (unpaired) electrons. The lowest BCUT2D eigenvalue weighted by Gasteiger charge is -2.23. The summed E-state index contributed by atoms with van der Waals surface area (Å²) in [7, 11) is 0. The maximum absolute atomic E-state index is 13.0. The summed E-state index contributed by atoms with van der Waals surface area (Å²) in [4.78, 5) is 29.8. The molecule has 0 bridgehead atoms. The predicted molar refractivity (Wildman–Crippen MR) is 94.2 cm³/mol. The highest BCUT2D eigenvalue weighted by Gasteiger charge is 2.34. The van der Waals surface area contributed by atoms with Gasteiger partial charge in [0.15, 0.2) is 0 Å². The Labute approximate surface area is 145 Å². The first kappa shape index (κ1) is 15.9. The highest BCUT2D eigenvalue weighted by atomic mass is 16.3. The van der Waals surface area contributed by atoms with Crippen LogP contribution in [-0.4, -0.2) is 20.6 Å². The molecule has 2 heterocycles. The Balaban J connectivity index is 1.80. The standard InChI is InChI=1S/C19H21N3O3/c1-11-8-9-20-15(10-11)21-18(24)16-17(23)13-4-2-3-5-14(13)22(19(16)25)12-6-7-12/h8-10,12,23H,2-7H2,1H3,(H,20,21,24). The first-order valence-corrected chi connectivity index (χ1v) is 8.79. The number of anilines is 1. The molecule has 0 saturated heterocycles. The highest BCUT2D eigenvalue weighted by molar-refractivity contribution is 6.05. The lowest BCUT2D eigenvalue weighted by molar-refractivity contribution is 0.102. The number of hydrogen-bond donors (Lipinski definition) is 2. The van der Waals surface area contributed by atoms with E-state index in [2.05, 4.69) is 10.3 Å². The summed E-state index contributed by atoms with van der Waals surface area (Å²) in [5.41, 5.74) is 2.10. The van der Waals surface area contributed by atoms with E-state index in [0.717, 1.165) is 48.9 Å². The van der Waals surface area contributed by atoms with E-state index in [1.54, 1.807) is 16.8 Å². The van der Waals surface area contributed by atoms with Crippen LogP contribution in [0.1, 0.15) is 58.9 Å². The number of amides is 1. The van der Waals surface area contributed by atoms with Crippen LogP contribution in [0.25, 0.3) is 0 Å². The summed E-state index contributed by atoms with van der Waals surface area (Å²) in [6.45, 7) is 1.90. The number of aromatic nitrogens is 2. The Hall–Kier alpha value is -2.63. The highest BCUT2D eigenvalue weighted by Crippen LogP contribution is 2.39. The largest absolute Gasteiger partial charge is 0.507 e. The molecule has 2 aromatic rings. The van der Waals surface area contributed by atoms with Crippen molar-refractivity contribution in [1.29, 1.82) is 0 Å². The van der Waals surface area contributed by atoms with E-state index in [4.69, 9.17) is 0 Å². The average molecular weight is 339 g/mol. The molecule has 0 aliphatic heterocycles. The van der Waals surface area contributed by atoms with Gasteiger partial charge in [0.25, 0.3) is 11.5 Å². The molecule has 2 aliphatic rings. The zero-order valence-corrected chi connectivity index (χ0v) is 14.2. The average Bonchev–Trinajstić information content (AvgIpc) is 3.40. The quantitative estimate of drug-likeness (QED) is 0.900. The van der Waals surface area contributed by atoms with Gasteiger partial charge in [0, 0.05) is 23.5 Å². The molecule has 2 aliphatic carbocycles. The third-order valence-corrected chi connectivity index (χ3v) is 4.98. The molecule has 1 amide bonds. The third-order valence-electron chi connectivity index (χ3n) is 4.98. The Kier molecular flexibility index (Phi) is 3.82. The van der Waals surface area contributed by atoms with Gasteiger partial charge in [-0.1, -0.05) is 0 Å². The van der Waals surface area contributed by atoms with Crippen molar-refractivity contribution in [3.05, 3.63) is 51.1 Å². The summed E-state index contributed by atoms with van der Waals surface area (Å²) in [6.07, 6.45) is 6.98. The van der Waals surface area contributed by atoms with Crippen LogP contribution < -0.4 is 10.9 Å². The van der Waals surface area contributed by atoms with Gasteiger partial charge in [-0.2, -0.15) is 0 Å². The van der Waals surface area contributed by atoms with Gasteiger partial charge in [0.1, 0.15) is 17.1 Å². The predicted octanol–water partition coefficient (Wildman–Crippen LogP) is 2.72. The minimum Gasteiger partial charge on any atom is -0.507 e. The number of nitrogens with zero attached hydrogens (tertiary/aromatic N) is 2. The number of carbonyl (C=O) groups is 1. The van der Waals surface area contributed by atoms with Crippen molar-refractivity contribution in [3.63, 3.8) is 0 Å². The minimum absolute atomic E-state index is 0.151. The summed E-state index contributed by atoms with van der Waals surface area (Å²) >= 11 is 0. The molecule has 2 N–H and O–H groups in total. The van der Waals surface area contributed by atoms with Crippen molar-refractivity contribution >= 4 is 11.7 Å². The molecule has 0 spiro atoms. The number of rotatable bonds is 3. The second kappa shape index (κ2) is 6.02. The van der Waals surface area contributed by atoms with Gasteiger partial charge in [-0.3, -0.25) is 9.59 Å². The summed E-state index contributed by atoms with van der Waals surface area (Å²) < 4.78 is 1.76. The summed E-state index contributed by atoms with van der Waals surface area (Å²) in [5.74, 6) is -0.371. The van der Waals surface area contributed by atoms with E-state index in [1.807, 2.05) is 13.0 Å². The molecule has 0 unspecified atom stereocenters. The minimum atomic E-state index is -0.594. The van der Waals surface area contributed by atoms with E-state index >= 15 is 0 Å². The number of aryl methyl sites for hydroxylation is 1. The molecule has 6 heteroatoms. The smallest absolute Gasteiger partial charge is 0.267 e.